The first-order valence-corrected chi connectivity index (χ1v) is 7.07. The molecule has 0 heterocycles. The Morgan fingerprint density at radius 3 is 2.45 bits per heavy atom. The lowest BCUT2D eigenvalue weighted by Crippen LogP contribution is -2.04. The van der Waals surface area contributed by atoms with Gasteiger partial charge < -0.3 is 5.11 Å². The summed E-state index contributed by atoms with van der Waals surface area (Å²) >= 11 is 12.6. The lowest BCUT2D eigenvalue weighted by molar-refractivity contribution is 0.0696. The number of halogens is 2. The Morgan fingerprint density at radius 1 is 1.10 bits per heavy atom. The van der Waals surface area contributed by atoms with E-state index in [-0.39, 0.29) is 5.56 Å². The highest BCUT2D eigenvalue weighted by atomic mass is 35.5. The van der Waals surface area contributed by atoms with Crippen LogP contribution in [0.3, 0.4) is 0 Å². The molecule has 0 unspecified atom stereocenters. The van der Waals surface area contributed by atoms with Gasteiger partial charge in [-0.15, -0.1) is 0 Å². The first kappa shape index (κ1) is 14.9. The molecule has 0 amide bonds. The van der Waals surface area contributed by atoms with Gasteiger partial charge in [0.25, 0.3) is 0 Å². The summed E-state index contributed by atoms with van der Waals surface area (Å²) in [6.45, 7) is 2.02. The number of carboxylic acid groups (broad SMARTS) is 1. The Balaban J connectivity index is 2.48. The van der Waals surface area contributed by atoms with Crippen molar-refractivity contribution in [3.05, 3.63) is 68.7 Å². The second-order valence-corrected chi connectivity index (χ2v) is 5.28. The third kappa shape index (κ3) is 2.97. The molecule has 1 N–H and O–H groups in total. The van der Waals surface area contributed by atoms with Crippen LogP contribution in [0.5, 0.6) is 0 Å². The lowest BCUT2D eigenvalue weighted by Gasteiger charge is -2.12. The molecule has 20 heavy (non-hydrogen) atoms. The van der Waals surface area contributed by atoms with Crippen LogP contribution in [0.1, 0.15) is 34.0 Å². The number of carbonyl (C=O) groups is 1. The summed E-state index contributed by atoms with van der Waals surface area (Å²) in [4.78, 5) is 11.2. The summed E-state index contributed by atoms with van der Waals surface area (Å²) in [6.07, 6.45) is 1.22. The fourth-order valence-corrected chi connectivity index (χ4v) is 2.79. The Bertz CT molecular complexity index is 651. The Kier molecular flexibility index (Phi) is 4.69. The van der Waals surface area contributed by atoms with Crippen LogP contribution in [-0.2, 0) is 12.8 Å². The monoisotopic (exact) mass is 308 g/mol. The molecule has 0 saturated heterocycles. The minimum Gasteiger partial charge on any atom is -0.478 e. The smallest absolute Gasteiger partial charge is 0.335 e. The summed E-state index contributed by atoms with van der Waals surface area (Å²) in [5.41, 5.74) is 2.78. The first-order chi connectivity index (χ1) is 9.54. The topological polar surface area (TPSA) is 37.3 Å². The summed E-state index contributed by atoms with van der Waals surface area (Å²) in [5.74, 6) is -0.945. The number of rotatable bonds is 4. The fourth-order valence-electron chi connectivity index (χ4n) is 2.15. The summed E-state index contributed by atoms with van der Waals surface area (Å²) in [5, 5.41) is 10.4. The highest BCUT2D eigenvalue weighted by Crippen LogP contribution is 2.31. The first-order valence-electron chi connectivity index (χ1n) is 6.31. The van der Waals surface area contributed by atoms with E-state index in [1.54, 1.807) is 18.2 Å². The minimum atomic E-state index is -0.945. The molecule has 2 aromatic carbocycles. The van der Waals surface area contributed by atoms with Gasteiger partial charge in [0.1, 0.15) is 0 Å². The largest absolute Gasteiger partial charge is 0.478 e. The van der Waals surface area contributed by atoms with Crippen molar-refractivity contribution in [2.45, 2.75) is 19.8 Å². The number of aryl methyl sites for hydroxylation is 1. The van der Waals surface area contributed by atoms with Gasteiger partial charge in [0.15, 0.2) is 0 Å². The van der Waals surface area contributed by atoms with Crippen LogP contribution < -0.4 is 0 Å². The van der Waals surface area contributed by atoms with Gasteiger partial charge >= 0.3 is 5.97 Å². The third-order valence-corrected chi connectivity index (χ3v) is 4.09. The summed E-state index contributed by atoms with van der Waals surface area (Å²) in [7, 11) is 0. The number of aromatic carboxylic acids is 1. The van der Waals surface area contributed by atoms with Gasteiger partial charge in [0.2, 0.25) is 0 Å². The van der Waals surface area contributed by atoms with Crippen LogP contribution in [0, 0.1) is 0 Å². The predicted octanol–water partition coefficient (Wildman–Crippen LogP) is 4.84. The second kappa shape index (κ2) is 6.29. The van der Waals surface area contributed by atoms with E-state index in [1.807, 2.05) is 25.1 Å². The number of carboxylic acids is 1. The molecule has 4 heteroatoms. The molecular formula is C16H14Cl2O2. The summed E-state index contributed by atoms with van der Waals surface area (Å²) < 4.78 is 0. The van der Waals surface area contributed by atoms with E-state index in [0.29, 0.717) is 22.0 Å². The van der Waals surface area contributed by atoms with Gasteiger partial charge in [0.05, 0.1) is 5.56 Å². The maximum absolute atomic E-state index is 11.2. The molecule has 0 fully saturated rings. The predicted molar refractivity (Wildman–Crippen MR) is 82.0 cm³/mol. The van der Waals surface area contributed by atoms with Gasteiger partial charge in [-0.05, 0) is 35.2 Å². The highest BCUT2D eigenvalue weighted by Gasteiger charge is 2.14. The van der Waals surface area contributed by atoms with E-state index in [4.69, 9.17) is 23.2 Å². The van der Waals surface area contributed by atoms with Crippen molar-refractivity contribution >= 4 is 29.2 Å². The molecular weight excluding hydrogens is 295 g/mol. The molecule has 0 radical (unpaired) electrons. The summed E-state index contributed by atoms with van der Waals surface area (Å²) in [6, 6.07) is 10.6. The molecule has 0 aliphatic heterocycles. The van der Waals surface area contributed by atoms with Crippen LogP contribution in [0.2, 0.25) is 10.0 Å². The maximum Gasteiger partial charge on any atom is 0.335 e. The van der Waals surface area contributed by atoms with Gasteiger partial charge in [0, 0.05) is 16.5 Å². The quantitative estimate of drug-likeness (QED) is 0.877. The molecule has 0 aliphatic rings. The standard InChI is InChI=1S/C16H14Cl2O2/c1-2-10-7-8-14(17)13(15(10)18)9-11-5-3-4-6-12(11)16(19)20/h3-8H,2,9H2,1H3,(H,19,20). The molecule has 2 aromatic rings. The van der Waals surface area contributed by atoms with E-state index >= 15 is 0 Å². The molecule has 2 rings (SSSR count). The normalized spacial score (nSPS) is 10.6. The van der Waals surface area contributed by atoms with Crippen LogP contribution >= 0.6 is 23.2 Å². The zero-order chi connectivity index (χ0) is 14.7. The van der Waals surface area contributed by atoms with Crippen molar-refractivity contribution in [1.29, 1.82) is 0 Å². The average Bonchev–Trinajstić information content (AvgIpc) is 2.44. The molecule has 0 spiro atoms. The van der Waals surface area contributed by atoms with Crippen LogP contribution in [0.15, 0.2) is 36.4 Å². The maximum atomic E-state index is 11.2. The SMILES string of the molecule is CCc1ccc(Cl)c(Cc2ccccc2C(=O)O)c1Cl. The van der Waals surface area contributed by atoms with Crippen molar-refractivity contribution < 1.29 is 9.90 Å². The fraction of sp³-hybridized carbons (Fsp3) is 0.188. The number of hydrogen-bond donors (Lipinski definition) is 1. The van der Waals surface area contributed by atoms with Crippen molar-refractivity contribution in [3.63, 3.8) is 0 Å². The Labute approximate surface area is 128 Å². The zero-order valence-corrected chi connectivity index (χ0v) is 12.5. The van der Waals surface area contributed by atoms with Crippen molar-refractivity contribution in [1.82, 2.24) is 0 Å². The highest BCUT2D eigenvalue weighted by molar-refractivity contribution is 6.36. The number of hydrogen-bond acceptors (Lipinski definition) is 1. The van der Waals surface area contributed by atoms with Crippen molar-refractivity contribution in [2.24, 2.45) is 0 Å². The van der Waals surface area contributed by atoms with Crippen LogP contribution in [-0.4, -0.2) is 11.1 Å². The molecule has 0 saturated carbocycles. The Morgan fingerprint density at radius 2 is 1.80 bits per heavy atom. The van der Waals surface area contributed by atoms with Crippen molar-refractivity contribution in [2.75, 3.05) is 0 Å². The molecule has 104 valence electrons. The van der Waals surface area contributed by atoms with E-state index in [1.165, 1.54) is 0 Å². The zero-order valence-electron chi connectivity index (χ0n) is 11.0. The third-order valence-electron chi connectivity index (χ3n) is 3.26. The molecule has 0 atom stereocenters. The van der Waals surface area contributed by atoms with E-state index in [9.17, 15) is 9.90 Å². The van der Waals surface area contributed by atoms with E-state index in [0.717, 1.165) is 17.5 Å². The van der Waals surface area contributed by atoms with Gasteiger partial charge in [-0.25, -0.2) is 4.79 Å². The number of benzene rings is 2. The molecule has 0 bridgehead atoms. The van der Waals surface area contributed by atoms with E-state index in [2.05, 4.69) is 0 Å². The minimum absolute atomic E-state index is 0.279. The van der Waals surface area contributed by atoms with Gasteiger partial charge in [-0.1, -0.05) is 54.4 Å². The average molecular weight is 309 g/mol. The van der Waals surface area contributed by atoms with Crippen LogP contribution in [0.4, 0.5) is 0 Å². The Hall–Kier alpha value is -1.51. The molecule has 0 aliphatic carbocycles. The lowest BCUT2D eigenvalue weighted by atomic mass is 9.98. The second-order valence-electron chi connectivity index (χ2n) is 4.49. The molecule has 0 aromatic heterocycles. The molecule has 2 nitrogen and oxygen atoms in total. The van der Waals surface area contributed by atoms with Crippen LogP contribution in [0.25, 0.3) is 0 Å². The van der Waals surface area contributed by atoms with Gasteiger partial charge in [-0.3, -0.25) is 0 Å². The van der Waals surface area contributed by atoms with E-state index < -0.39 is 5.97 Å². The van der Waals surface area contributed by atoms with Gasteiger partial charge in [-0.2, -0.15) is 0 Å². The van der Waals surface area contributed by atoms with Crippen molar-refractivity contribution in [3.8, 4) is 0 Å².